The summed E-state index contributed by atoms with van der Waals surface area (Å²) in [5.74, 6) is 0. The van der Waals surface area contributed by atoms with Crippen molar-refractivity contribution in [3.05, 3.63) is 12.2 Å². The Balaban J connectivity index is 2.87. The molecule has 0 aromatic rings. The molecule has 0 fully saturated rings. The summed E-state index contributed by atoms with van der Waals surface area (Å²) in [5.41, 5.74) is 1.08. The largest absolute Gasteiger partial charge is 0.396 e. The van der Waals surface area contributed by atoms with Crippen LogP contribution < -0.4 is 0 Å². The highest BCUT2D eigenvalue weighted by Crippen LogP contribution is 2.02. The minimum atomic E-state index is 0.326. The van der Waals surface area contributed by atoms with E-state index >= 15 is 0 Å². The third-order valence-electron chi connectivity index (χ3n) is 1.80. The van der Waals surface area contributed by atoms with Gasteiger partial charge in [0.05, 0.1) is 6.61 Å². The van der Waals surface area contributed by atoms with Crippen molar-refractivity contribution in [3.63, 3.8) is 0 Å². The van der Waals surface area contributed by atoms with Crippen molar-refractivity contribution in [3.8, 4) is 0 Å². The minimum Gasteiger partial charge on any atom is -0.396 e. The minimum absolute atomic E-state index is 0.326. The van der Waals surface area contributed by atoms with Gasteiger partial charge < -0.3 is 9.84 Å². The van der Waals surface area contributed by atoms with Crippen LogP contribution in [0.5, 0.6) is 0 Å². The molecule has 0 saturated heterocycles. The van der Waals surface area contributed by atoms with Gasteiger partial charge in [0.25, 0.3) is 0 Å². The Hall–Kier alpha value is -0.340. The molecule has 0 heterocycles. The van der Waals surface area contributed by atoms with E-state index in [-0.39, 0.29) is 0 Å². The molecule has 0 aliphatic heterocycles. The molecule has 0 aliphatic rings. The Morgan fingerprint density at radius 2 is 1.77 bits per heavy atom. The topological polar surface area (TPSA) is 29.5 Å². The Morgan fingerprint density at radius 3 is 2.38 bits per heavy atom. The van der Waals surface area contributed by atoms with E-state index in [0.717, 1.165) is 31.4 Å². The predicted molar refractivity (Wildman–Crippen MR) is 55.8 cm³/mol. The Labute approximate surface area is 81.6 Å². The van der Waals surface area contributed by atoms with Gasteiger partial charge >= 0.3 is 0 Å². The summed E-state index contributed by atoms with van der Waals surface area (Å²) >= 11 is 0. The first kappa shape index (κ1) is 12.7. The summed E-state index contributed by atoms with van der Waals surface area (Å²) in [6, 6.07) is 0. The average Bonchev–Trinajstić information content (AvgIpc) is 2.09. The summed E-state index contributed by atoms with van der Waals surface area (Å²) in [6.45, 7) is 7.59. The SMILES string of the molecule is C=C(C)COCCCCCCCO. The summed E-state index contributed by atoms with van der Waals surface area (Å²) in [6.07, 6.45) is 5.61. The fraction of sp³-hybridized carbons (Fsp3) is 0.818. The van der Waals surface area contributed by atoms with E-state index in [4.69, 9.17) is 9.84 Å². The lowest BCUT2D eigenvalue weighted by Crippen LogP contribution is -1.97. The number of hydrogen-bond acceptors (Lipinski definition) is 2. The smallest absolute Gasteiger partial charge is 0.0671 e. The zero-order valence-corrected chi connectivity index (χ0v) is 8.72. The molecule has 0 bridgehead atoms. The second-order valence-corrected chi connectivity index (χ2v) is 3.50. The summed E-state index contributed by atoms with van der Waals surface area (Å²) in [7, 11) is 0. The molecule has 0 aliphatic carbocycles. The first-order valence-electron chi connectivity index (χ1n) is 5.10. The van der Waals surface area contributed by atoms with Crippen LogP contribution in [0.3, 0.4) is 0 Å². The van der Waals surface area contributed by atoms with E-state index in [0.29, 0.717) is 13.2 Å². The maximum absolute atomic E-state index is 8.53. The van der Waals surface area contributed by atoms with Gasteiger partial charge in [-0.05, 0) is 19.8 Å². The standard InChI is InChI=1S/C11H22O2/c1-11(2)10-13-9-7-5-3-4-6-8-12/h12H,1,3-10H2,2H3. The number of unbranched alkanes of at least 4 members (excludes halogenated alkanes) is 4. The molecule has 0 amide bonds. The van der Waals surface area contributed by atoms with Gasteiger partial charge in [-0.2, -0.15) is 0 Å². The molecule has 78 valence electrons. The molecule has 0 saturated carbocycles. The highest BCUT2D eigenvalue weighted by molar-refractivity contribution is 4.87. The van der Waals surface area contributed by atoms with Crippen LogP contribution in [0.25, 0.3) is 0 Å². The van der Waals surface area contributed by atoms with Crippen molar-refractivity contribution < 1.29 is 9.84 Å². The number of ether oxygens (including phenoxy) is 1. The molecule has 0 radical (unpaired) electrons. The van der Waals surface area contributed by atoms with Crippen molar-refractivity contribution in [1.29, 1.82) is 0 Å². The second-order valence-electron chi connectivity index (χ2n) is 3.50. The first-order chi connectivity index (χ1) is 6.27. The zero-order valence-electron chi connectivity index (χ0n) is 8.72. The van der Waals surface area contributed by atoms with Gasteiger partial charge in [0.15, 0.2) is 0 Å². The van der Waals surface area contributed by atoms with Crippen molar-refractivity contribution in [1.82, 2.24) is 0 Å². The van der Waals surface area contributed by atoms with Gasteiger partial charge in [0, 0.05) is 13.2 Å². The molecule has 0 spiro atoms. The van der Waals surface area contributed by atoms with E-state index in [9.17, 15) is 0 Å². The molecular formula is C11H22O2. The third kappa shape index (κ3) is 11.7. The molecule has 0 unspecified atom stereocenters. The van der Waals surface area contributed by atoms with E-state index in [1.54, 1.807) is 0 Å². The molecule has 1 N–H and O–H groups in total. The quantitative estimate of drug-likeness (QED) is 0.443. The van der Waals surface area contributed by atoms with Crippen molar-refractivity contribution in [2.45, 2.75) is 39.0 Å². The Kier molecular flexibility index (Phi) is 9.49. The van der Waals surface area contributed by atoms with Gasteiger partial charge in [0.1, 0.15) is 0 Å². The van der Waals surface area contributed by atoms with Crippen LogP contribution in [0.4, 0.5) is 0 Å². The van der Waals surface area contributed by atoms with Crippen molar-refractivity contribution in [2.75, 3.05) is 19.8 Å². The zero-order chi connectivity index (χ0) is 9.94. The predicted octanol–water partition coefficient (Wildman–Crippen LogP) is 2.52. The molecular weight excluding hydrogens is 164 g/mol. The maximum atomic E-state index is 8.53. The summed E-state index contributed by atoms with van der Waals surface area (Å²) < 4.78 is 5.35. The lowest BCUT2D eigenvalue weighted by molar-refractivity contribution is 0.151. The number of hydrogen-bond donors (Lipinski definition) is 1. The van der Waals surface area contributed by atoms with Crippen molar-refractivity contribution >= 4 is 0 Å². The third-order valence-corrected chi connectivity index (χ3v) is 1.80. The van der Waals surface area contributed by atoms with E-state index in [1.165, 1.54) is 12.8 Å². The first-order valence-corrected chi connectivity index (χ1v) is 5.10. The van der Waals surface area contributed by atoms with Crippen LogP contribution in [-0.2, 0) is 4.74 Å². The van der Waals surface area contributed by atoms with Crippen LogP contribution in [0.2, 0.25) is 0 Å². The van der Waals surface area contributed by atoms with Gasteiger partial charge in [-0.15, -0.1) is 0 Å². The average molecular weight is 186 g/mol. The molecule has 0 rings (SSSR count). The van der Waals surface area contributed by atoms with Crippen LogP contribution in [0.1, 0.15) is 39.0 Å². The maximum Gasteiger partial charge on any atom is 0.0671 e. The van der Waals surface area contributed by atoms with Crippen LogP contribution in [0.15, 0.2) is 12.2 Å². The number of rotatable bonds is 9. The second kappa shape index (κ2) is 9.75. The lowest BCUT2D eigenvalue weighted by Gasteiger charge is -2.03. The number of aliphatic hydroxyl groups excluding tert-OH is 1. The van der Waals surface area contributed by atoms with Gasteiger partial charge in [0.2, 0.25) is 0 Å². The van der Waals surface area contributed by atoms with E-state index in [1.807, 2.05) is 6.92 Å². The van der Waals surface area contributed by atoms with Gasteiger partial charge in [-0.3, -0.25) is 0 Å². The molecule has 2 heteroatoms. The Morgan fingerprint density at radius 1 is 1.15 bits per heavy atom. The molecule has 2 nitrogen and oxygen atoms in total. The summed E-state index contributed by atoms with van der Waals surface area (Å²) in [4.78, 5) is 0. The van der Waals surface area contributed by atoms with E-state index < -0.39 is 0 Å². The van der Waals surface area contributed by atoms with Crippen molar-refractivity contribution in [2.24, 2.45) is 0 Å². The highest BCUT2D eigenvalue weighted by atomic mass is 16.5. The Bertz CT molecular complexity index is 121. The van der Waals surface area contributed by atoms with E-state index in [2.05, 4.69) is 6.58 Å². The highest BCUT2D eigenvalue weighted by Gasteiger charge is 1.91. The molecule has 0 atom stereocenters. The van der Waals surface area contributed by atoms with Crippen LogP contribution in [-0.4, -0.2) is 24.9 Å². The summed E-state index contributed by atoms with van der Waals surface area (Å²) in [5, 5.41) is 8.53. The van der Waals surface area contributed by atoms with Gasteiger partial charge in [-0.1, -0.05) is 31.4 Å². The normalized spacial score (nSPS) is 10.3. The van der Waals surface area contributed by atoms with Crippen LogP contribution in [0, 0.1) is 0 Å². The molecule has 13 heavy (non-hydrogen) atoms. The van der Waals surface area contributed by atoms with Gasteiger partial charge in [-0.25, -0.2) is 0 Å². The van der Waals surface area contributed by atoms with Crippen LogP contribution >= 0.6 is 0 Å². The molecule has 0 aromatic carbocycles. The molecule has 0 aromatic heterocycles. The fourth-order valence-electron chi connectivity index (χ4n) is 1.09. The fourth-order valence-corrected chi connectivity index (χ4v) is 1.09. The lowest BCUT2D eigenvalue weighted by atomic mass is 10.1. The monoisotopic (exact) mass is 186 g/mol. The number of aliphatic hydroxyl groups is 1.